The number of aliphatic hydroxyl groups is 1. The average Bonchev–Trinajstić information content (AvgIpc) is 2.60. The average molecular weight is 200 g/mol. The summed E-state index contributed by atoms with van der Waals surface area (Å²) in [5, 5.41) is 10.7. The second kappa shape index (κ2) is 3.21. The fourth-order valence-corrected chi connectivity index (χ4v) is 3.10. The molecule has 0 aliphatic heterocycles. The molecule has 0 aromatic heterocycles. The predicted octanol–water partition coefficient (Wildman–Crippen LogP) is 2.86. The Labute approximate surface area is 90.4 Å². The van der Waals surface area contributed by atoms with Crippen molar-refractivity contribution in [2.75, 3.05) is 0 Å². The quantitative estimate of drug-likeness (QED) is 0.691. The van der Waals surface area contributed by atoms with Crippen molar-refractivity contribution >= 4 is 0 Å². The maximum Gasteiger partial charge on any atom is 0.0907 e. The number of fused-ring (bicyclic) bond motifs is 2. The monoisotopic (exact) mass is 200 g/mol. The van der Waals surface area contributed by atoms with E-state index in [1.807, 2.05) is 30.3 Å². The van der Waals surface area contributed by atoms with Crippen molar-refractivity contribution in [3.63, 3.8) is 0 Å². The van der Waals surface area contributed by atoms with Crippen molar-refractivity contribution in [2.45, 2.75) is 24.9 Å². The van der Waals surface area contributed by atoms with Crippen LogP contribution in [0, 0.1) is 11.8 Å². The van der Waals surface area contributed by atoms with E-state index in [1.54, 1.807) is 0 Å². The largest absolute Gasteiger partial charge is 0.385 e. The van der Waals surface area contributed by atoms with Crippen LogP contribution < -0.4 is 0 Å². The lowest BCUT2D eigenvalue weighted by molar-refractivity contribution is -0.0214. The highest BCUT2D eigenvalue weighted by atomic mass is 16.3. The molecule has 2 aliphatic rings. The number of allylic oxidation sites excluding steroid dienone is 2. The first-order chi connectivity index (χ1) is 7.26. The summed E-state index contributed by atoms with van der Waals surface area (Å²) < 4.78 is 0. The summed E-state index contributed by atoms with van der Waals surface area (Å²) in [5.74, 6) is 1.18. The zero-order valence-corrected chi connectivity index (χ0v) is 8.76. The van der Waals surface area contributed by atoms with Crippen LogP contribution in [0.4, 0.5) is 0 Å². The second-order valence-electron chi connectivity index (χ2n) is 4.95. The number of hydrogen-bond acceptors (Lipinski definition) is 1. The molecule has 1 fully saturated rings. The zero-order valence-electron chi connectivity index (χ0n) is 8.76. The second-order valence-corrected chi connectivity index (χ2v) is 4.95. The van der Waals surface area contributed by atoms with Gasteiger partial charge in [0, 0.05) is 0 Å². The minimum absolute atomic E-state index is 0.585. The van der Waals surface area contributed by atoms with Gasteiger partial charge in [0.25, 0.3) is 0 Å². The van der Waals surface area contributed by atoms with Crippen molar-refractivity contribution in [2.24, 2.45) is 11.8 Å². The minimum atomic E-state index is -0.585. The van der Waals surface area contributed by atoms with Crippen LogP contribution in [0.3, 0.4) is 0 Å². The van der Waals surface area contributed by atoms with E-state index in [1.165, 1.54) is 6.42 Å². The third-order valence-corrected chi connectivity index (χ3v) is 3.77. The van der Waals surface area contributed by atoms with Crippen LogP contribution in [0.1, 0.15) is 24.8 Å². The molecule has 1 N–H and O–H groups in total. The van der Waals surface area contributed by atoms with E-state index in [0.29, 0.717) is 11.8 Å². The van der Waals surface area contributed by atoms with Crippen molar-refractivity contribution in [3.05, 3.63) is 48.0 Å². The molecule has 1 heteroatoms. The lowest BCUT2D eigenvalue weighted by Gasteiger charge is -2.36. The first-order valence-corrected chi connectivity index (χ1v) is 5.72. The molecule has 0 radical (unpaired) electrons. The molecule has 0 spiro atoms. The Hall–Kier alpha value is -1.08. The maximum absolute atomic E-state index is 10.7. The minimum Gasteiger partial charge on any atom is -0.385 e. The maximum atomic E-state index is 10.7. The fraction of sp³-hybridized carbons (Fsp3) is 0.429. The van der Waals surface area contributed by atoms with Crippen molar-refractivity contribution in [1.29, 1.82) is 0 Å². The van der Waals surface area contributed by atoms with Crippen molar-refractivity contribution < 1.29 is 5.11 Å². The molecule has 15 heavy (non-hydrogen) atoms. The van der Waals surface area contributed by atoms with Gasteiger partial charge in [0.15, 0.2) is 0 Å². The van der Waals surface area contributed by atoms with Gasteiger partial charge in [-0.1, -0.05) is 42.5 Å². The first kappa shape index (κ1) is 9.17. The summed E-state index contributed by atoms with van der Waals surface area (Å²) in [5.41, 5.74) is 0.502. The Balaban J connectivity index is 1.93. The Morgan fingerprint density at radius 2 is 1.60 bits per heavy atom. The topological polar surface area (TPSA) is 20.2 Å². The van der Waals surface area contributed by atoms with Crippen molar-refractivity contribution in [1.82, 2.24) is 0 Å². The molecule has 1 saturated carbocycles. The number of hydrogen-bond donors (Lipinski definition) is 1. The molecule has 1 nitrogen and oxygen atoms in total. The van der Waals surface area contributed by atoms with Gasteiger partial charge in [-0.25, -0.2) is 0 Å². The highest BCUT2D eigenvalue weighted by molar-refractivity contribution is 5.25. The van der Waals surface area contributed by atoms with Gasteiger partial charge in [-0.15, -0.1) is 0 Å². The van der Waals surface area contributed by atoms with E-state index >= 15 is 0 Å². The van der Waals surface area contributed by atoms with E-state index in [-0.39, 0.29) is 0 Å². The predicted molar refractivity (Wildman–Crippen MR) is 60.3 cm³/mol. The Morgan fingerprint density at radius 3 is 2.20 bits per heavy atom. The lowest BCUT2D eigenvalue weighted by Crippen LogP contribution is -2.33. The van der Waals surface area contributed by atoms with Crippen LogP contribution in [0.15, 0.2) is 42.5 Å². The third-order valence-electron chi connectivity index (χ3n) is 3.77. The molecular formula is C14H16O. The third kappa shape index (κ3) is 1.51. The number of benzene rings is 1. The summed E-state index contributed by atoms with van der Waals surface area (Å²) in [4.78, 5) is 0. The molecule has 2 atom stereocenters. The standard InChI is InChI=1S/C14H16O/c15-14(13-4-2-1-3-5-13)9-11-6-7-12(8-11)10-14/h1-7,11-12,15H,8-10H2. The summed E-state index contributed by atoms with van der Waals surface area (Å²) in [6.45, 7) is 0. The van der Waals surface area contributed by atoms with Gasteiger partial charge in [0.05, 0.1) is 5.60 Å². The Kier molecular flexibility index (Phi) is 1.96. The molecule has 0 amide bonds. The van der Waals surface area contributed by atoms with Crippen LogP contribution in [-0.2, 0) is 5.60 Å². The molecule has 2 bridgehead atoms. The van der Waals surface area contributed by atoms with Gasteiger partial charge in [-0.2, -0.15) is 0 Å². The van der Waals surface area contributed by atoms with Gasteiger partial charge in [0.2, 0.25) is 0 Å². The van der Waals surface area contributed by atoms with E-state index in [4.69, 9.17) is 0 Å². The Bertz CT molecular complexity index is 366. The molecule has 78 valence electrons. The van der Waals surface area contributed by atoms with Gasteiger partial charge in [0.1, 0.15) is 0 Å². The molecule has 1 aromatic carbocycles. The highest BCUT2D eigenvalue weighted by Crippen LogP contribution is 2.46. The highest BCUT2D eigenvalue weighted by Gasteiger charge is 2.40. The molecule has 2 unspecified atom stereocenters. The molecule has 0 saturated heterocycles. The van der Waals surface area contributed by atoms with Crippen LogP contribution in [0.5, 0.6) is 0 Å². The lowest BCUT2D eigenvalue weighted by atomic mass is 9.73. The van der Waals surface area contributed by atoms with E-state index in [9.17, 15) is 5.11 Å². The molecular weight excluding hydrogens is 184 g/mol. The van der Waals surface area contributed by atoms with Crippen LogP contribution in [0.2, 0.25) is 0 Å². The van der Waals surface area contributed by atoms with Gasteiger partial charge >= 0.3 is 0 Å². The van der Waals surface area contributed by atoms with Crippen molar-refractivity contribution in [3.8, 4) is 0 Å². The normalized spacial score (nSPS) is 38.2. The Morgan fingerprint density at radius 1 is 1.00 bits per heavy atom. The SMILES string of the molecule is OC1(c2ccccc2)CC2C=CC(C2)C1. The zero-order chi connectivity index (χ0) is 10.3. The summed E-state index contributed by atoms with van der Waals surface area (Å²) in [7, 11) is 0. The molecule has 3 rings (SSSR count). The van der Waals surface area contributed by atoms with Gasteiger partial charge < -0.3 is 5.11 Å². The van der Waals surface area contributed by atoms with Gasteiger partial charge in [-0.05, 0) is 36.7 Å². The van der Waals surface area contributed by atoms with Crippen LogP contribution in [0.25, 0.3) is 0 Å². The smallest absolute Gasteiger partial charge is 0.0907 e. The van der Waals surface area contributed by atoms with E-state index in [0.717, 1.165) is 18.4 Å². The van der Waals surface area contributed by atoms with Gasteiger partial charge in [-0.3, -0.25) is 0 Å². The summed E-state index contributed by atoms with van der Waals surface area (Å²) in [6, 6.07) is 10.1. The summed E-state index contributed by atoms with van der Waals surface area (Å²) in [6.07, 6.45) is 7.60. The fourth-order valence-electron chi connectivity index (χ4n) is 3.10. The van der Waals surface area contributed by atoms with E-state index < -0.39 is 5.60 Å². The summed E-state index contributed by atoms with van der Waals surface area (Å²) >= 11 is 0. The molecule has 1 aromatic rings. The van der Waals surface area contributed by atoms with Crippen LogP contribution in [-0.4, -0.2) is 5.11 Å². The van der Waals surface area contributed by atoms with E-state index in [2.05, 4.69) is 12.2 Å². The van der Waals surface area contributed by atoms with Crippen LogP contribution >= 0.6 is 0 Å². The molecule has 2 aliphatic carbocycles. The molecule has 0 heterocycles. The number of rotatable bonds is 1. The first-order valence-electron chi connectivity index (χ1n) is 5.72.